The Morgan fingerprint density at radius 3 is 2.58 bits per heavy atom. The molecule has 1 unspecified atom stereocenters. The maximum atomic E-state index is 13.7. The zero-order chi connectivity index (χ0) is 30.3. The van der Waals surface area contributed by atoms with Gasteiger partial charge in [-0.2, -0.15) is 10.1 Å². The van der Waals surface area contributed by atoms with Crippen LogP contribution in [0.25, 0.3) is 6.08 Å². The second-order valence-corrected chi connectivity index (χ2v) is 9.99. The number of rotatable bonds is 10. The summed E-state index contributed by atoms with van der Waals surface area (Å²) < 4.78 is 25.1. The highest BCUT2D eigenvalue weighted by atomic mass is 32.2. The molecule has 5 N–H and O–H groups in total. The molecule has 5 rings (SSSR count). The molecule has 4 aromatic rings. The van der Waals surface area contributed by atoms with Crippen LogP contribution in [0.5, 0.6) is 11.5 Å². The van der Waals surface area contributed by atoms with Crippen molar-refractivity contribution < 1.29 is 23.0 Å². The van der Waals surface area contributed by atoms with Crippen LogP contribution in [0.2, 0.25) is 0 Å². The summed E-state index contributed by atoms with van der Waals surface area (Å²) in [6.07, 6.45) is 6.82. The number of aromatic nitrogens is 2. The van der Waals surface area contributed by atoms with Crippen molar-refractivity contribution >= 4 is 42.3 Å². The highest BCUT2D eigenvalue weighted by Gasteiger charge is 2.30. The van der Waals surface area contributed by atoms with Gasteiger partial charge in [0.25, 0.3) is 5.91 Å². The molecule has 1 aliphatic rings. The smallest absolute Gasteiger partial charge is 0.267 e. The van der Waals surface area contributed by atoms with E-state index in [-0.39, 0.29) is 24.3 Å². The Morgan fingerprint density at radius 1 is 1.07 bits per heavy atom. The van der Waals surface area contributed by atoms with E-state index in [1.165, 1.54) is 11.1 Å². The number of ether oxygens (including phenoxy) is 2. The standard InChI is InChI=1S/C31H30N6O5S/c1-40-26-15-20(14-24-16-34-31(33)36-30(24)32)13-22(29(26)41-2)11-12-27(38)37-28(25-6-4-3-5-23(25)17-35-37)21-9-7-19(8-10-21)18-42-43-39/h3-13,15-17,28,39H,14,18H2,1-2H3,(H4,32,33,34,36)/b12-11+. The van der Waals surface area contributed by atoms with Crippen LogP contribution < -0.4 is 20.9 Å². The lowest BCUT2D eigenvalue weighted by molar-refractivity contribution is -0.127. The lowest BCUT2D eigenvalue weighted by Crippen LogP contribution is -2.33. The van der Waals surface area contributed by atoms with Gasteiger partial charge in [0.05, 0.1) is 27.0 Å². The molecule has 11 nitrogen and oxygen atoms in total. The second-order valence-electron chi connectivity index (χ2n) is 9.61. The first-order valence-electron chi connectivity index (χ1n) is 13.2. The van der Waals surface area contributed by atoms with Crippen LogP contribution in [-0.2, 0) is 22.0 Å². The van der Waals surface area contributed by atoms with Crippen LogP contribution in [0, 0.1) is 0 Å². The van der Waals surface area contributed by atoms with Gasteiger partial charge in [-0.1, -0.05) is 48.5 Å². The summed E-state index contributed by atoms with van der Waals surface area (Å²) in [4.78, 5) is 21.8. The minimum Gasteiger partial charge on any atom is -0.493 e. The number of nitrogens with zero attached hydrogens (tertiary/aromatic N) is 4. The predicted molar refractivity (Wildman–Crippen MR) is 166 cm³/mol. The van der Waals surface area contributed by atoms with Gasteiger partial charge in [-0.25, -0.2) is 9.99 Å². The molecule has 0 bridgehead atoms. The first kappa shape index (κ1) is 29.6. The van der Waals surface area contributed by atoms with E-state index in [9.17, 15) is 4.79 Å². The Balaban J connectivity index is 1.47. The number of carbonyl (C=O) groups is 1. The largest absolute Gasteiger partial charge is 0.493 e. The van der Waals surface area contributed by atoms with Crippen LogP contribution in [0.3, 0.4) is 0 Å². The maximum Gasteiger partial charge on any atom is 0.267 e. The number of hydrogen-bond acceptors (Lipinski definition) is 11. The summed E-state index contributed by atoms with van der Waals surface area (Å²) in [5, 5.41) is 5.98. The van der Waals surface area contributed by atoms with Crippen molar-refractivity contribution in [1.29, 1.82) is 0 Å². The molecule has 1 amide bonds. The summed E-state index contributed by atoms with van der Waals surface area (Å²) in [5.41, 5.74) is 17.5. The summed E-state index contributed by atoms with van der Waals surface area (Å²) in [7, 11) is 3.09. The molecule has 1 aliphatic heterocycles. The SMILES string of the molecule is COc1cc(Cc2cnc(N)nc2N)cc(/C=C/C(=O)N2N=Cc3ccccc3C2c2ccc(COSO)cc2)c1OC. The molecule has 1 aromatic heterocycles. The van der Waals surface area contributed by atoms with Crippen molar-refractivity contribution in [2.24, 2.45) is 5.10 Å². The normalized spacial score (nSPS) is 14.1. The predicted octanol–water partition coefficient (Wildman–Crippen LogP) is 4.87. The fourth-order valence-corrected chi connectivity index (χ4v) is 5.09. The molecule has 0 saturated heterocycles. The highest BCUT2D eigenvalue weighted by molar-refractivity contribution is 7.88. The monoisotopic (exact) mass is 598 g/mol. The van der Waals surface area contributed by atoms with Gasteiger partial charge in [0.2, 0.25) is 5.95 Å². The Bertz CT molecular complexity index is 1680. The topological polar surface area (TPSA) is 158 Å². The van der Waals surface area contributed by atoms with Crippen molar-refractivity contribution in [1.82, 2.24) is 15.0 Å². The first-order valence-corrected chi connectivity index (χ1v) is 13.9. The van der Waals surface area contributed by atoms with Crippen molar-refractivity contribution in [2.45, 2.75) is 19.1 Å². The number of hydrazone groups is 1. The molecule has 0 saturated carbocycles. The van der Waals surface area contributed by atoms with Gasteiger partial charge in [0.15, 0.2) is 23.8 Å². The Morgan fingerprint density at radius 2 is 1.86 bits per heavy atom. The van der Waals surface area contributed by atoms with Gasteiger partial charge in [0, 0.05) is 35.4 Å². The van der Waals surface area contributed by atoms with Crippen LogP contribution in [0.4, 0.5) is 11.8 Å². The number of benzene rings is 3. The van der Waals surface area contributed by atoms with Gasteiger partial charge < -0.3 is 25.5 Å². The molecule has 0 spiro atoms. The van der Waals surface area contributed by atoms with Gasteiger partial charge >= 0.3 is 0 Å². The fourth-order valence-electron chi connectivity index (χ4n) is 4.90. The first-order chi connectivity index (χ1) is 20.9. The van der Waals surface area contributed by atoms with E-state index in [2.05, 4.69) is 15.1 Å². The van der Waals surface area contributed by atoms with Crippen LogP contribution in [-0.4, -0.2) is 45.9 Å². The minimum absolute atomic E-state index is 0.0998. The van der Waals surface area contributed by atoms with Crippen molar-refractivity contribution in [3.05, 3.63) is 112 Å². The molecule has 43 heavy (non-hydrogen) atoms. The van der Waals surface area contributed by atoms with Crippen molar-refractivity contribution in [2.75, 3.05) is 25.7 Å². The van der Waals surface area contributed by atoms with E-state index in [1.54, 1.807) is 32.7 Å². The highest BCUT2D eigenvalue weighted by Crippen LogP contribution is 2.36. The number of carbonyl (C=O) groups excluding carboxylic acids is 1. The number of methoxy groups -OCH3 is 2. The van der Waals surface area contributed by atoms with E-state index in [0.717, 1.165) is 27.8 Å². The molecule has 2 heterocycles. The molecular formula is C31H30N6O5S. The summed E-state index contributed by atoms with van der Waals surface area (Å²) in [6, 6.07) is 18.7. The van der Waals surface area contributed by atoms with Gasteiger partial charge in [0.1, 0.15) is 11.9 Å². The third-order valence-corrected chi connectivity index (χ3v) is 7.16. The third kappa shape index (κ3) is 6.61. The van der Waals surface area contributed by atoms with E-state index in [1.807, 2.05) is 60.7 Å². The molecule has 12 heteroatoms. The number of amides is 1. The molecular weight excluding hydrogens is 568 g/mol. The van der Waals surface area contributed by atoms with Crippen molar-refractivity contribution in [3.63, 3.8) is 0 Å². The molecule has 3 aromatic carbocycles. The van der Waals surface area contributed by atoms with Gasteiger partial charge in [-0.3, -0.25) is 8.98 Å². The second kappa shape index (κ2) is 13.4. The van der Waals surface area contributed by atoms with Gasteiger partial charge in [-0.15, -0.1) is 0 Å². The van der Waals surface area contributed by atoms with Crippen LogP contribution >= 0.6 is 12.3 Å². The lowest BCUT2D eigenvalue weighted by atomic mass is 9.92. The number of fused-ring (bicyclic) bond motifs is 1. The molecule has 0 fully saturated rings. The molecule has 220 valence electrons. The summed E-state index contributed by atoms with van der Waals surface area (Å²) >= 11 is 0.322. The Kier molecular flexibility index (Phi) is 9.20. The average molecular weight is 599 g/mol. The van der Waals surface area contributed by atoms with E-state index in [0.29, 0.717) is 41.4 Å². The number of hydrogen-bond donors (Lipinski definition) is 3. The summed E-state index contributed by atoms with van der Waals surface area (Å²) in [5.74, 6) is 1.02. The van der Waals surface area contributed by atoms with E-state index in [4.69, 9.17) is 29.7 Å². The van der Waals surface area contributed by atoms with Gasteiger partial charge in [-0.05, 0) is 40.5 Å². The molecule has 0 aliphatic carbocycles. The molecule has 1 atom stereocenters. The lowest BCUT2D eigenvalue weighted by Gasteiger charge is -2.31. The zero-order valence-electron chi connectivity index (χ0n) is 23.5. The Hall–Kier alpha value is -4.91. The maximum absolute atomic E-state index is 13.7. The summed E-state index contributed by atoms with van der Waals surface area (Å²) in [6.45, 7) is 0.245. The minimum atomic E-state index is -0.461. The number of nitrogens with two attached hydrogens (primary N) is 2. The number of nitrogen functional groups attached to an aromatic ring is 2. The van der Waals surface area contributed by atoms with E-state index >= 15 is 0 Å². The average Bonchev–Trinajstić information content (AvgIpc) is 3.03. The van der Waals surface area contributed by atoms with Crippen LogP contribution in [0.1, 0.15) is 45.0 Å². The number of anilines is 2. The quantitative estimate of drug-likeness (QED) is 0.170. The fraction of sp³-hybridized carbons (Fsp3) is 0.161. The van der Waals surface area contributed by atoms with E-state index < -0.39 is 6.04 Å². The van der Waals surface area contributed by atoms with Crippen molar-refractivity contribution in [3.8, 4) is 11.5 Å². The third-order valence-electron chi connectivity index (χ3n) is 6.94. The van der Waals surface area contributed by atoms with Crippen LogP contribution in [0.15, 0.2) is 78.0 Å². The molecule has 0 radical (unpaired) electrons. The Labute approximate surface area is 253 Å². The zero-order valence-corrected chi connectivity index (χ0v) is 24.3.